The molecule has 2 amide bonds. The maximum Gasteiger partial charge on any atom is 0.225 e. The van der Waals surface area contributed by atoms with Crippen LogP contribution in [0.1, 0.15) is 24.5 Å². The summed E-state index contributed by atoms with van der Waals surface area (Å²) in [5, 5.41) is 2.89. The fourth-order valence-corrected chi connectivity index (χ4v) is 3.19. The smallest absolute Gasteiger partial charge is 0.225 e. The zero-order chi connectivity index (χ0) is 18.4. The van der Waals surface area contributed by atoms with E-state index in [1.165, 1.54) is 22.9 Å². The molecule has 0 aliphatic rings. The summed E-state index contributed by atoms with van der Waals surface area (Å²) in [6.07, 6.45) is 0.451. The van der Waals surface area contributed by atoms with E-state index in [0.717, 1.165) is 17.1 Å². The van der Waals surface area contributed by atoms with Crippen molar-refractivity contribution in [2.75, 3.05) is 23.0 Å². The van der Waals surface area contributed by atoms with Crippen LogP contribution in [0.15, 0.2) is 47.4 Å². The Bertz CT molecular complexity index is 757. The SMILES string of the molecule is CC(=O)N(C)c1ccc(NC(=O)CCSc2ccc(C)c(C)c2)cc1. The Balaban J connectivity index is 1.81. The third-order valence-electron chi connectivity index (χ3n) is 4.09. The average molecular weight is 356 g/mol. The first-order chi connectivity index (χ1) is 11.9. The molecule has 5 heteroatoms. The fourth-order valence-electron chi connectivity index (χ4n) is 2.24. The standard InChI is InChI=1S/C20H24N2O2S/c1-14-5-10-19(13-15(14)2)25-12-11-20(24)21-17-6-8-18(9-7-17)22(4)16(3)23/h5-10,13H,11-12H2,1-4H3,(H,21,24). The van der Waals surface area contributed by atoms with Crippen LogP contribution < -0.4 is 10.2 Å². The molecule has 0 aliphatic heterocycles. The third kappa shape index (κ3) is 5.64. The van der Waals surface area contributed by atoms with Gasteiger partial charge < -0.3 is 10.2 Å². The topological polar surface area (TPSA) is 49.4 Å². The largest absolute Gasteiger partial charge is 0.326 e. The number of carbonyl (C=O) groups excluding carboxylic acids is 2. The number of nitrogens with one attached hydrogen (secondary N) is 1. The summed E-state index contributed by atoms with van der Waals surface area (Å²) < 4.78 is 0. The van der Waals surface area contributed by atoms with Gasteiger partial charge >= 0.3 is 0 Å². The van der Waals surface area contributed by atoms with Crippen LogP contribution in [0, 0.1) is 13.8 Å². The quantitative estimate of drug-likeness (QED) is 0.780. The molecule has 0 spiro atoms. The minimum Gasteiger partial charge on any atom is -0.326 e. The van der Waals surface area contributed by atoms with E-state index in [-0.39, 0.29) is 11.8 Å². The van der Waals surface area contributed by atoms with Gasteiger partial charge in [0.1, 0.15) is 0 Å². The Morgan fingerprint density at radius 3 is 2.32 bits per heavy atom. The van der Waals surface area contributed by atoms with Crippen molar-refractivity contribution in [3.05, 3.63) is 53.6 Å². The maximum atomic E-state index is 12.1. The molecular formula is C20H24N2O2S. The Morgan fingerprint density at radius 2 is 1.72 bits per heavy atom. The Morgan fingerprint density at radius 1 is 1.04 bits per heavy atom. The first-order valence-electron chi connectivity index (χ1n) is 8.21. The zero-order valence-electron chi connectivity index (χ0n) is 15.1. The van der Waals surface area contributed by atoms with Crippen molar-refractivity contribution in [3.8, 4) is 0 Å². The number of amides is 2. The van der Waals surface area contributed by atoms with Crippen molar-refractivity contribution in [2.45, 2.75) is 32.1 Å². The van der Waals surface area contributed by atoms with Gasteiger partial charge in [0.05, 0.1) is 0 Å². The summed E-state index contributed by atoms with van der Waals surface area (Å²) in [5.41, 5.74) is 4.09. The summed E-state index contributed by atoms with van der Waals surface area (Å²) in [7, 11) is 1.72. The highest BCUT2D eigenvalue weighted by molar-refractivity contribution is 7.99. The number of nitrogens with zero attached hydrogens (tertiary/aromatic N) is 1. The molecule has 0 heterocycles. The van der Waals surface area contributed by atoms with Gasteiger partial charge in [0.25, 0.3) is 0 Å². The average Bonchev–Trinajstić information content (AvgIpc) is 2.58. The zero-order valence-corrected chi connectivity index (χ0v) is 15.9. The molecule has 1 N–H and O–H groups in total. The number of rotatable bonds is 6. The van der Waals surface area contributed by atoms with E-state index in [9.17, 15) is 9.59 Å². The Kier molecular flexibility index (Phi) is 6.65. The predicted octanol–water partition coefficient (Wildman–Crippen LogP) is 4.41. The predicted molar refractivity (Wildman–Crippen MR) is 105 cm³/mol. The molecule has 0 unspecified atom stereocenters. The van der Waals surface area contributed by atoms with Gasteiger partial charge in [-0.2, -0.15) is 0 Å². The van der Waals surface area contributed by atoms with E-state index in [2.05, 4.69) is 37.4 Å². The molecular weight excluding hydrogens is 332 g/mol. The number of hydrogen-bond donors (Lipinski definition) is 1. The van der Waals surface area contributed by atoms with Crippen LogP contribution in [0.2, 0.25) is 0 Å². The minimum absolute atomic E-state index is 0.0102. The second kappa shape index (κ2) is 8.72. The molecule has 0 saturated carbocycles. The molecule has 25 heavy (non-hydrogen) atoms. The van der Waals surface area contributed by atoms with Crippen LogP contribution in [-0.4, -0.2) is 24.6 Å². The first-order valence-corrected chi connectivity index (χ1v) is 9.19. The highest BCUT2D eigenvalue weighted by Crippen LogP contribution is 2.22. The van der Waals surface area contributed by atoms with Gasteiger partial charge in [0, 0.05) is 42.4 Å². The van der Waals surface area contributed by atoms with Gasteiger partial charge in [-0.1, -0.05) is 6.07 Å². The molecule has 2 rings (SSSR count). The summed E-state index contributed by atoms with van der Waals surface area (Å²) >= 11 is 1.69. The van der Waals surface area contributed by atoms with Crippen LogP contribution in [0.25, 0.3) is 0 Å². The molecule has 132 valence electrons. The highest BCUT2D eigenvalue weighted by Gasteiger charge is 2.07. The summed E-state index contributed by atoms with van der Waals surface area (Å²) in [6, 6.07) is 13.6. The van der Waals surface area contributed by atoms with Crippen LogP contribution in [0.5, 0.6) is 0 Å². The summed E-state index contributed by atoms with van der Waals surface area (Å²) in [4.78, 5) is 26.1. The molecule has 0 aliphatic carbocycles. The van der Waals surface area contributed by atoms with Gasteiger partial charge in [0.15, 0.2) is 0 Å². The molecule has 0 atom stereocenters. The highest BCUT2D eigenvalue weighted by atomic mass is 32.2. The van der Waals surface area contributed by atoms with Crippen molar-refractivity contribution in [3.63, 3.8) is 0 Å². The van der Waals surface area contributed by atoms with E-state index < -0.39 is 0 Å². The molecule has 0 bridgehead atoms. The summed E-state index contributed by atoms with van der Waals surface area (Å²) in [6.45, 7) is 5.71. The molecule has 2 aromatic rings. The number of benzene rings is 2. The van der Waals surface area contributed by atoms with Crippen molar-refractivity contribution in [1.82, 2.24) is 0 Å². The second-order valence-corrected chi connectivity index (χ2v) is 7.19. The molecule has 0 saturated heterocycles. The van der Waals surface area contributed by atoms with Gasteiger partial charge in [-0.3, -0.25) is 9.59 Å². The molecule has 0 radical (unpaired) electrons. The number of hydrogen-bond acceptors (Lipinski definition) is 3. The lowest BCUT2D eigenvalue weighted by atomic mass is 10.1. The lowest BCUT2D eigenvalue weighted by molar-refractivity contribution is -0.116. The second-order valence-electron chi connectivity index (χ2n) is 6.02. The van der Waals surface area contributed by atoms with Crippen molar-refractivity contribution < 1.29 is 9.59 Å². The van der Waals surface area contributed by atoms with Crippen molar-refractivity contribution in [2.24, 2.45) is 0 Å². The van der Waals surface area contributed by atoms with Crippen LogP contribution in [0.3, 0.4) is 0 Å². The Labute approximate surface area is 153 Å². The van der Waals surface area contributed by atoms with E-state index in [1.54, 1.807) is 23.7 Å². The number of anilines is 2. The maximum absolute atomic E-state index is 12.1. The van der Waals surface area contributed by atoms with Gasteiger partial charge in [-0.05, 0) is 61.4 Å². The van der Waals surface area contributed by atoms with Crippen molar-refractivity contribution in [1.29, 1.82) is 0 Å². The monoisotopic (exact) mass is 356 g/mol. The van der Waals surface area contributed by atoms with E-state index in [0.29, 0.717) is 6.42 Å². The van der Waals surface area contributed by atoms with Gasteiger partial charge in [0.2, 0.25) is 11.8 Å². The summed E-state index contributed by atoms with van der Waals surface area (Å²) in [5.74, 6) is 0.698. The third-order valence-corrected chi connectivity index (χ3v) is 5.08. The van der Waals surface area contributed by atoms with Gasteiger partial charge in [-0.15, -0.1) is 11.8 Å². The van der Waals surface area contributed by atoms with Crippen LogP contribution in [0.4, 0.5) is 11.4 Å². The molecule has 0 aromatic heterocycles. The first kappa shape index (κ1) is 19.1. The molecule has 2 aromatic carbocycles. The van der Waals surface area contributed by atoms with Crippen molar-refractivity contribution >= 4 is 35.0 Å². The van der Waals surface area contributed by atoms with E-state index in [1.807, 2.05) is 24.3 Å². The lowest BCUT2D eigenvalue weighted by Gasteiger charge is -2.15. The number of carbonyl (C=O) groups is 2. The van der Waals surface area contributed by atoms with Crippen LogP contribution in [-0.2, 0) is 9.59 Å². The van der Waals surface area contributed by atoms with E-state index >= 15 is 0 Å². The fraction of sp³-hybridized carbons (Fsp3) is 0.300. The number of aryl methyl sites for hydroxylation is 2. The van der Waals surface area contributed by atoms with E-state index in [4.69, 9.17) is 0 Å². The molecule has 0 fully saturated rings. The lowest BCUT2D eigenvalue weighted by Crippen LogP contribution is -2.22. The number of thioether (sulfide) groups is 1. The minimum atomic E-state index is -0.0276. The van der Waals surface area contributed by atoms with Crippen LogP contribution >= 0.6 is 11.8 Å². The normalized spacial score (nSPS) is 10.4. The Hall–Kier alpha value is -2.27. The molecule has 4 nitrogen and oxygen atoms in total. The van der Waals surface area contributed by atoms with Gasteiger partial charge in [-0.25, -0.2) is 0 Å².